The van der Waals surface area contributed by atoms with Crippen LogP contribution in [0.25, 0.3) is 0 Å². The molecule has 0 aromatic heterocycles. The van der Waals surface area contributed by atoms with Gasteiger partial charge in [0.25, 0.3) is 0 Å². The molecule has 0 heterocycles. The zero-order chi connectivity index (χ0) is 15.6. The Kier molecular flexibility index (Phi) is 6.22. The largest absolute Gasteiger partial charge is 0.309 e. The Morgan fingerprint density at radius 1 is 1.25 bits per heavy atom. The smallest absolute Gasteiger partial charge is 0.241 e. The van der Waals surface area contributed by atoms with Crippen LogP contribution in [0.2, 0.25) is 0 Å². The highest BCUT2D eigenvalue weighted by Gasteiger charge is 2.24. The number of nitrogens with zero attached hydrogens (tertiary/aromatic N) is 1. The van der Waals surface area contributed by atoms with Crippen molar-refractivity contribution in [3.05, 3.63) is 27.1 Å². The Hall–Kier alpha value is 0.0500. The molecule has 0 aliphatic rings. The van der Waals surface area contributed by atoms with Gasteiger partial charge in [0.05, 0.1) is 4.90 Å². The van der Waals surface area contributed by atoms with E-state index in [1.807, 2.05) is 32.8 Å². The summed E-state index contributed by atoms with van der Waals surface area (Å²) in [6.07, 6.45) is 0. The Morgan fingerprint density at radius 2 is 1.85 bits per heavy atom. The standard InChI is InChI=1S/C13H20Br2N2O2S/c1-13(2,9-17(3)4)8-16-20(18,19)12-6-5-10(14)7-11(12)15/h5-7,16H,8-9H2,1-4H3. The van der Waals surface area contributed by atoms with Crippen molar-refractivity contribution in [2.75, 3.05) is 27.2 Å². The predicted molar refractivity (Wildman–Crippen MR) is 89.4 cm³/mol. The van der Waals surface area contributed by atoms with Gasteiger partial charge in [0, 0.05) is 22.0 Å². The van der Waals surface area contributed by atoms with Crippen LogP contribution in [0.4, 0.5) is 0 Å². The Balaban J connectivity index is 2.85. The fourth-order valence-electron chi connectivity index (χ4n) is 1.97. The average Bonchev–Trinajstić information content (AvgIpc) is 2.24. The van der Waals surface area contributed by atoms with Gasteiger partial charge in [-0.2, -0.15) is 0 Å². The van der Waals surface area contributed by atoms with Crippen LogP contribution in [0.15, 0.2) is 32.0 Å². The first-order chi connectivity index (χ1) is 9.03. The van der Waals surface area contributed by atoms with Crippen molar-refractivity contribution in [3.8, 4) is 0 Å². The van der Waals surface area contributed by atoms with Gasteiger partial charge in [-0.1, -0.05) is 29.8 Å². The third-order valence-electron chi connectivity index (χ3n) is 2.67. The molecule has 0 bridgehead atoms. The minimum atomic E-state index is -3.51. The summed E-state index contributed by atoms with van der Waals surface area (Å²) in [6.45, 7) is 5.26. The van der Waals surface area contributed by atoms with Crippen LogP contribution in [0.5, 0.6) is 0 Å². The number of benzene rings is 1. The van der Waals surface area contributed by atoms with E-state index in [1.54, 1.807) is 18.2 Å². The summed E-state index contributed by atoms with van der Waals surface area (Å²) in [5.41, 5.74) is -0.140. The highest BCUT2D eigenvalue weighted by molar-refractivity contribution is 9.11. The van der Waals surface area contributed by atoms with Crippen LogP contribution in [-0.4, -0.2) is 40.5 Å². The first kappa shape index (κ1) is 18.1. The molecule has 114 valence electrons. The molecule has 1 rings (SSSR count). The molecule has 0 radical (unpaired) electrons. The molecule has 0 fully saturated rings. The second-order valence-corrected chi connectivity index (χ2v) is 9.31. The van der Waals surface area contributed by atoms with Crippen LogP contribution in [-0.2, 0) is 10.0 Å². The van der Waals surface area contributed by atoms with Crippen LogP contribution in [0.3, 0.4) is 0 Å². The molecular weight excluding hydrogens is 408 g/mol. The summed E-state index contributed by atoms with van der Waals surface area (Å²) in [7, 11) is 0.435. The monoisotopic (exact) mass is 426 g/mol. The fraction of sp³-hybridized carbons (Fsp3) is 0.538. The minimum absolute atomic E-state index is 0.140. The zero-order valence-electron chi connectivity index (χ0n) is 12.1. The van der Waals surface area contributed by atoms with Gasteiger partial charge in [-0.05, 0) is 53.6 Å². The van der Waals surface area contributed by atoms with E-state index in [9.17, 15) is 8.42 Å². The molecule has 0 saturated heterocycles. The van der Waals surface area contributed by atoms with Gasteiger partial charge >= 0.3 is 0 Å². The summed E-state index contributed by atoms with van der Waals surface area (Å²) in [4.78, 5) is 2.30. The van der Waals surface area contributed by atoms with E-state index in [4.69, 9.17) is 0 Å². The molecule has 1 aromatic carbocycles. The lowest BCUT2D eigenvalue weighted by molar-refractivity contribution is 0.242. The molecule has 0 saturated carbocycles. The summed E-state index contributed by atoms with van der Waals surface area (Å²) in [5.74, 6) is 0. The van der Waals surface area contributed by atoms with Gasteiger partial charge in [0.2, 0.25) is 10.0 Å². The molecule has 1 N–H and O–H groups in total. The second-order valence-electron chi connectivity index (χ2n) is 5.80. The van der Waals surface area contributed by atoms with E-state index in [1.165, 1.54) is 0 Å². The molecule has 0 aliphatic heterocycles. The van der Waals surface area contributed by atoms with E-state index < -0.39 is 10.0 Å². The number of sulfonamides is 1. The molecule has 0 spiro atoms. The summed E-state index contributed by atoms with van der Waals surface area (Å²) < 4.78 is 28.7. The van der Waals surface area contributed by atoms with Crippen molar-refractivity contribution in [2.45, 2.75) is 18.7 Å². The lowest BCUT2D eigenvalue weighted by Crippen LogP contribution is -2.40. The highest BCUT2D eigenvalue weighted by atomic mass is 79.9. The molecule has 1 aromatic rings. The fourth-order valence-corrected chi connectivity index (χ4v) is 4.96. The van der Waals surface area contributed by atoms with Crippen molar-refractivity contribution < 1.29 is 8.42 Å². The number of rotatable bonds is 6. The lowest BCUT2D eigenvalue weighted by atomic mass is 9.93. The molecule has 0 aliphatic carbocycles. The van der Waals surface area contributed by atoms with Gasteiger partial charge in [-0.15, -0.1) is 0 Å². The van der Waals surface area contributed by atoms with Crippen LogP contribution in [0.1, 0.15) is 13.8 Å². The van der Waals surface area contributed by atoms with Gasteiger partial charge in [-0.3, -0.25) is 0 Å². The summed E-state index contributed by atoms with van der Waals surface area (Å²) in [6, 6.07) is 5.01. The van der Waals surface area contributed by atoms with Crippen molar-refractivity contribution >= 4 is 41.9 Å². The third-order valence-corrected chi connectivity index (χ3v) is 5.54. The highest BCUT2D eigenvalue weighted by Crippen LogP contribution is 2.26. The van der Waals surface area contributed by atoms with E-state index in [-0.39, 0.29) is 10.3 Å². The Bertz CT molecular complexity index is 572. The lowest BCUT2D eigenvalue weighted by Gasteiger charge is -2.28. The van der Waals surface area contributed by atoms with Gasteiger partial charge < -0.3 is 4.90 Å². The minimum Gasteiger partial charge on any atom is -0.309 e. The summed E-state index contributed by atoms with van der Waals surface area (Å²) in [5, 5.41) is 0. The summed E-state index contributed by atoms with van der Waals surface area (Å²) >= 11 is 6.60. The molecule has 20 heavy (non-hydrogen) atoms. The van der Waals surface area contributed by atoms with Crippen molar-refractivity contribution in [2.24, 2.45) is 5.41 Å². The van der Waals surface area contributed by atoms with Crippen molar-refractivity contribution in [1.29, 1.82) is 0 Å². The molecule has 0 amide bonds. The number of halogens is 2. The second kappa shape index (κ2) is 6.87. The SMILES string of the molecule is CN(C)CC(C)(C)CNS(=O)(=O)c1ccc(Br)cc1Br. The molecule has 0 unspecified atom stereocenters. The number of hydrogen-bond donors (Lipinski definition) is 1. The first-order valence-electron chi connectivity index (χ1n) is 6.13. The number of hydrogen-bond acceptors (Lipinski definition) is 3. The maximum absolute atomic E-state index is 12.3. The van der Waals surface area contributed by atoms with E-state index in [2.05, 4.69) is 36.6 Å². The van der Waals surface area contributed by atoms with E-state index >= 15 is 0 Å². The van der Waals surface area contributed by atoms with Gasteiger partial charge in [-0.25, -0.2) is 13.1 Å². The topological polar surface area (TPSA) is 49.4 Å². The molecular formula is C13H20Br2N2O2S. The van der Waals surface area contributed by atoms with Gasteiger partial charge in [0.1, 0.15) is 0 Å². The van der Waals surface area contributed by atoms with Crippen LogP contribution in [0, 0.1) is 5.41 Å². The van der Waals surface area contributed by atoms with Gasteiger partial charge in [0.15, 0.2) is 0 Å². The zero-order valence-corrected chi connectivity index (χ0v) is 16.1. The quantitative estimate of drug-likeness (QED) is 0.758. The number of nitrogens with one attached hydrogen (secondary N) is 1. The molecule has 4 nitrogen and oxygen atoms in total. The normalized spacial score (nSPS) is 12.9. The van der Waals surface area contributed by atoms with Crippen LogP contribution >= 0.6 is 31.9 Å². The maximum atomic E-state index is 12.3. The Morgan fingerprint density at radius 3 is 2.35 bits per heavy atom. The molecule has 0 atom stereocenters. The first-order valence-corrected chi connectivity index (χ1v) is 9.20. The van der Waals surface area contributed by atoms with Crippen molar-refractivity contribution in [3.63, 3.8) is 0 Å². The molecule has 7 heteroatoms. The Labute approximate surface area is 138 Å². The van der Waals surface area contributed by atoms with E-state index in [0.29, 0.717) is 11.0 Å². The average molecular weight is 428 g/mol. The van der Waals surface area contributed by atoms with E-state index in [0.717, 1.165) is 11.0 Å². The van der Waals surface area contributed by atoms with Crippen molar-refractivity contribution in [1.82, 2.24) is 9.62 Å². The van der Waals surface area contributed by atoms with Crippen LogP contribution < -0.4 is 4.72 Å². The maximum Gasteiger partial charge on any atom is 0.241 e. The predicted octanol–water partition coefficient (Wildman–Crippen LogP) is 3.08. The third kappa shape index (κ3) is 5.44.